The van der Waals surface area contributed by atoms with Crippen molar-refractivity contribution in [1.29, 1.82) is 0 Å². The third kappa shape index (κ3) is 4.15. The second-order valence-corrected chi connectivity index (χ2v) is 7.73. The van der Waals surface area contributed by atoms with Crippen LogP contribution in [-0.4, -0.2) is 13.3 Å². The highest BCUT2D eigenvalue weighted by Crippen LogP contribution is 2.28. The van der Waals surface area contributed by atoms with Gasteiger partial charge in [-0.05, 0) is 42.0 Å². The number of rotatable bonds is 6. The molecule has 0 bridgehead atoms. The molecule has 0 aliphatic rings. The van der Waals surface area contributed by atoms with Gasteiger partial charge in [0.2, 0.25) is 0 Å². The topological polar surface area (TPSA) is 80.5 Å². The Morgan fingerprint density at radius 3 is 2.21 bits per heavy atom. The van der Waals surface area contributed by atoms with Crippen molar-refractivity contribution in [3.63, 3.8) is 0 Å². The largest absolute Gasteiger partial charge is 0.270 e. The Balaban J connectivity index is 2.10. The average molecular weight is 404 g/mol. The molecule has 0 atom stereocenters. The van der Waals surface area contributed by atoms with E-state index in [1.165, 1.54) is 60.7 Å². The van der Waals surface area contributed by atoms with Gasteiger partial charge < -0.3 is 0 Å². The maximum atomic E-state index is 13.7. The maximum absolute atomic E-state index is 13.7. The quantitative estimate of drug-likeness (QED) is 0.454. The Bertz CT molecular complexity index is 1120. The Labute approximate surface area is 159 Å². The zero-order valence-electron chi connectivity index (χ0n) is 14.3. The zero-order chi connectivity index (χ0) is 20.3. The lowest BCUT2D eigenvalue weighted by molar-refractivity contribution is -0.385. The number of sulfonamides is 1. The first kappa shape index (κ1) is 19.4. The van der Waals surface area contributed by atoms with Crippen LogP contribution in [0, 0.1) is 21.7 Å². The van der Waals surface area contributed by atoms with Crippen LogP contribution in [-0.2, 0) is 16.6 Å². The van der Waals surface area contributed by atoms with E-state index < -0.39 is 26.6 Å². The molecule has 9 heteroatoms. The van der Waals surface area contributed by atoms with Crippen LogP contribution in [0.3, 0.4) is 0 Å². The summed E-state index contributed by atoms with van der Waals surface area (Å²) >= 11 is 0. The molecular weight excluding hydrogens is 390 g/mol. The number of benzene rings is 3. The average Bonchev–Trinajstić information content (AvgIpc) is 2.67. The molecule has 3 aromatic rings. The van der Waals surface area contributed by atoms with Crippen LogP contribution in [0.5, 0.6) is 0 Å². The Morgan fingerprint density at radius 2 is 1.57 bits per heavy atom. The van der Waals surface area contributed by atoms with Crippen LogP contribution in [0.1, 0.15) is 5.56 Å². The van der Waals surface area contributed by atoms with Crippen LogP contribution in [0.15, 0.2) is 77.7 Å². The molecule has 0 fully saturated rings. The molecular formula is C19H14F2N2O4S. The summed E-state index contributed by atoms with van der Waals surface area (Å²) < 4.78 is 54.2. The summed E-state index contributed by atoms with van der Waals surface area (Å²) in [6, 6.07) is 14.7. The minimum Gasteiger partial charge on any atom is -0.262 e. The van der Waals surface area contributed by atoms with Gasteiger partial charge in [0, 0.05) is 12.1 Å². The monoisotopic (exact) mass is 404 g/mol. The van der Waals surface area contributed by atoms with Crippen molar-refractivity contribution in [3.05, 3.63) is 100 Å². The predicted molar refractivity (Wildman–Crippen MR) is 99.3 cm³/mol. The van der Waals surface area contributed by atoms with E-state index in [0.717, 1.165) is 16.4 Å². The fraction of sp³-hybridized carbons (Fsp3) is 0.0526. The van der Waals surface area contributed by atoms with Crippen molar-refractivity contribution in [3.8, 4) is 0 Å². The predicted octanol–water partition coefficient (Wildman–Crippen LogP) is 4.27. The summed E-state index contributed by atoms with van der Waals surface area (Å²) in [5.74, 6) is -1.13. The fourth-order valence-corrected chi connectivity index (χ4v) is 4.07. The van der Waals surface area contributed by atoms with Gasteiger partial charge in [0.15, 0.2) is 0 Å². The summed E-state index contributed by atoms with van der Waals surface area (Å²) in [6.45, 7) is -0.214. The molecule has 0 aliphatic carbocycles. The number of nitro benzene ring substituents is 1. The Kier molecular flexibility index (Phi) is 5.36. The van der Waals surface area contributed by atoms with Gasteiger partial charge in [0.1, 0.15) is 11.6 Å². The Hall–Kier alpha value is -3.33. The highest BCUT2D eigenvalue weighted by atomic mass is 32.2. The molecule has 3 rings (SSSR count). The van der Waals surface area contributed by atoms with Gasteiger partial charge in [-0.1, -0.05) is 24.3 Å². The van der Waals surface area contributed by atoms with Crippen LogP contribution < -0.4 is 4.31 Å². The molecule has 0 unspecified atom stereocenters. The maximum Gasteiger partial charge on any atom is 0.270 e. The Morgan fingerprint density at radius 1 is 0.893 bits per heavy atom. The lowest BCUT2D eigenvalue weighted by Gasteiger charge is -2.24. The number of hydrogen-bond donors (Lipinski definition) is 0. The normalized spacial score (nSPS) is 11.2. The van der Waals surface area contributed by atoms with E-state index in [0.29, 0.717) is 5.56 Å². The van der Waals surface area contributed by atoms with E-state index in [4.69, 9.17) is 0 Å². The number of anilines is 1. The molecule has 0 saturated heterocycles. The van der Waals surface area contributed by atoms with Crippen molar-refractivity contribution < 1.29 is 22.1 Å². The third-order valence-corrected chi connectivity index (χ3v) is 5.72. The summed E-state index contributed by atoms with van der Waals surface area (Å²) in [7, 11) is -4.27. The first-order chi connectivity index (χ1) is 13.3. The van der Waals surface area contributed by atoms with Gasteiger partial charge in [-0.2, -0.15) is 0 Å². The summed E-state index contributed by atoms with van der Waals surface area (Å²) in [6.07, 6.45) is 0. The number of nitro groups is 1. The molecule has 0 heterocycles. The van der Waals surface area contributed by atoms with Crippen molar-refractivity contribution in [2.75, 3.05) is 4.31 Å². The van der Waals surface area contributed by atoms with Gasteiger partial charge in [0.25, 0.3) is 15.7 Å². The molecule has 0 amide bonds. The molecule has 0 radical (unpaired) electrons. The molecule has 144 valence electrons. The molecule has 28 heavy (non-hydrogen) atoms. The minimum absolute atomic E-state index is 0.0378. The first-order valence-electron chi connectivity index (χ1n) is 8.04. The minimum atomic E-state index is -4.27. The van der Waals surface area contributed by atoms with Crippen LogP contribution in [0.4, 0.5) is 20.2 Å². The molecule has 0 spiro atoms. The molecule has 0 N–H and O–H groups in total. The third-order valence-electron chi connectivity index (χ3n) is 3.95. The molecule has 0 aromatic heterocycles. The molecule has 6 nitrogen and oxygen atoms in total. The molecule has 0 saturated carbocycles. The van der Waals surface area contributed by atoms with E-state index >= 15 is 0 Å². The van der Waals surface area contributed by atoms with E-state index in [1.807, 2.05) is 0 Å². The second-order valence-electron chi connectivity index (χ2n) is 5.87. The first-order valence-corrected chi connectivity index (χ1v) is 9.48. The standard InChI is InChI=1S/C19H14F2N2O4S/c20-15-9-7-14(8-10-15)13-22(17-4-1-3-16(21)11-17)28(26,27)19-6-2-5-18(12-19)23(24)25/h1-12H,13H2. The van der Waals surface area contributed by atoms with Crippen molar-refractivity contribution in [1.82, 2.24) is 0 Å². The fourth-order valence-electron chi connectivity index (χ4n) is 2.59. The lowest BCUT2D eigenvalue weighted by atomic mass is 10.2. The number of non-ortho nitro benzene ring substituents is 1. The van der Waals surface area contributed by atoms with Gasteiger partial charge in [-0.3, -0.25) is 14.4 Å². The molecule has 3 aromatic carbocycles. The highest BCUT2D eigenvalue weighted by molar-refractivity contribution is 7.92. The number of halogens is 2. The van der Waals surface area contributed by atoms with E-state index in [-0.39, 0.29) is 22.8 Å². The summed E-state index contributed by atoms with van der Waals surface area (Å²) in [5, 5.41) is 11.0. The number of hydrogen-bond acceptors (Lipinski definition) is 4. The lowest BCUT2D eigenvalue weighted by Crippen LogP contribution is -2.30. The zero-order valence-corrected chi connectivity index (χ0v) is 15.1. The van der Waals surface area contributed by atoms with Crippen molar-refractivity contribution in [2.24, 2.45) is 0 Å². The highest BCUT2D eigenvalue weighted by Gasteiger charge is 2.27. The van der Waals surface area contributed by atoms with Gasteiger partial charge in [0.05, 0.1) is 22.1 Å². The summed E-state index contributed by atoms with van der Waals surface area (Å²) in [4.78, 5) is 9.98. The van der Waals surface area contributed by atoms with Gasteiger partial charge in [-0.25, -0.2) is 17.2 Å². The number of nitrogens with zero attached hydrogens (tertiary/aromatic N) is 2. The molecule has 0 aliphatic heterocycles. The van der Waals surface area contributed by atoms with E-state index in [9.17, 15) is 27.3 Å². The smallest absolute Gasteiger partial charge is 0.262 e. The van der Waals surface area contributed by atoms with Gasteiger partial charge in [-0.15, -0.1) is 0 Å². The summed E-state index contributed by atoms with van der Waals surface area (Å²) in [5.41, 5.74) is 0.109. The SMILES string of the molecule is O=[N+]([O-])c1cccc(S(=O)(=O)N(Cc2ccc(F)cc2)c2cccc(F)c2)c1. The van der Waals surface area contributed by atoms with Gasteiger partial charge >= 0.3 is 0 Å². The van der Waals surface area contributed by atoms with Crippen molar-refractivity contribution in [2.45, 2.75) is 11.4 Å². The van der Waals surface area contributed by atoms with E-state index in [2.05, 4.69) is 0 Å². The van der Waals surface area contributed by atoms with Crippen molar-refractivity contribution >= 4 is 21.4 Å². The van der Waals surface area contributed by atoms with Crippen LogP contribution in [0.2, 0.25) is 0 Å². The van der Waals surface area contributed by atoms with E-state index in [1.54, 1.807) is 0 Å². The second kappa shape index (κ2) is 7.73. The van der Waals surface area contributed by atoms with Crippen LogP contribution in [0.25, 0.3) is 0 Å². The van der Waals surface area contributed by atoms with Crippen LogP contribution >= 0.6 is 0 Å².